The van der Waals surface area contributed by atoms with Crippen LogP contribution in [0.3, 0.4) is 0 Å². The first-order valence-corrected chi connectivity index (χ1v) is 11.0. The summed E-state index contributed by atoms with van der Waals surface area (Å²) < 4.78 is 9.25. The molecule has 3 aromatic rings. The Morgan fingerprint density at radius 1 is 1.10 bits per heavy atom. The van der Waals surface area contributed by atoms with Crippen molar-refractivity contribution in [3.8, 4) is 5.69 Å². The number of nitrogens with zero attached hydrogens (tertiary/aromatic N) is 5. The minimum absolute atomic E-state index is 0.0344. The van der Waals surface area contributed by atoms with E-state index >= 15 is 0 Å². The predicted molar refractivity (Wildman–Crippen MR) is 117 cm³/mol. The normalized spacial score (nSPS) is 20.2. The van der Waals surface area contributed by atoms with E-state index < -0.39 is 0 Å². The molecule has 162 valence electrons. The monoisotopic (exact) mass is 420 g/mol. The van der Waals surface area contributed by atoms with Gasteiger partial charge in [0.05, 0.1) is 36.6 Å². The maximum atomic E-state index is 12.5. The molecular weight excluding hydrogens is 392 g/mol. The van der Waals surface area contributed by atoms with Gasteiger partial charge in [-0.25, -0.2) is 9.36 Å². The molecule has 31 heavy (non-hydrogen) atoms. The summed E-state index contributed by atoms with van der Waals surface area (Å²) in [5.74, 6) is 0.772. The first kappa shape index (κ1) is 20.0. The number of para-hydroxylation sites is 1. The second kappa shape index (κ2) is 9.03. The van der Waals surface area contributed by atoms with Crippen molar-refractivity contribution in [2.45, 2.75) is 31.8 Å². The number of piperidine rings is 1. The molecule has 2 saturated heterocycles. The highest BCUT2D eigenvalue weighted by Crippen LogP contribution is 2.27. The fourth-order valence-corrected chi connectivity index (χ4v) is 4.42. The van der Waals surface area contributed by atoms with Crippen LogP contribution in [0.1, 0.15) is 30.9 Å². The Kier molecular flexibility index (Phi) is 5.82. The number of amides is 1. The fraction of sp³-hybridized carbons (Fsp3) is 0.435. The van der Waals surface area contributed by atoms with Crippen molar-refractivity contribution >= 4 is 11.7 Å². The number of benzene rings is 1. The molecule has 1 amide bonds. The highest BCUT2D eigenvalue weighted by atomic mass is 16.5. The van der Waals surface area contributed by atoms with Crippen molar-refractivity contribution in [3.63, 3.8) is 0 Å². The van der Waals surface area contributed by atoms with Crippen LogP contribution >= 0.6 is 0 Å². The zero-order valence-electron chi connectivity index (χ0n) is 17.6. The van der Waals surface area contributed by atoms with E-state index in [4.69, 9.17) is 4.74 Å². The van der Waals surface area contributed by atoms with E-state index in [1.54, 1.807) is 6.20 Å². The molecule has 1 atom stereocenters. The molecule has 0 spiro atoms. The van der Waals surface area contributed by atoms with Gasteiger partial charge in [0.15, 0.2) is 0 Å². The van der Waals surface area contributed by atoms with E-state index in [-0.39, 0.29) is 11.8 Å². The average Bonchev–Trinajstić information content (AvgIpc) is 3.57. The van der Waals surface area contributed by atoms with Gasteiger partial charge < -0.3 is 10.1 Å². The van der Waals surface area contributed by atoms with E-state index in [2.05, 4.69) is 38.7 Å². The summed E-state index contributed by atoms with van der Waals surface area (Å²) in [5.41, 5.74) is 2.29. The number of nitrogens with one attached hydrogen (secondary N) is 1. The smallest absolute Gasteiger partial charge is 0.231 e. The molecule has 8 nitrogen and oxygen atoms in total. The molecule has 1 aromatic carbocycles. The second-order valence-corrected chi connectivity index (χ2v) is 8.35. The molecule has 5 rings (SSSR count). The minimum atomic E-state index is -0.0537. The van der Waals surface area contributed by atoms with Crippen molar-refractivity contribution in [2.24, 2.45) is 5.92 Å². The Bertz CT molecular complexity index is 1000. The van der Waals surface area contributed by atoms with Gasteiger partial charge >= 0.3 is 0 Å². The second-order valence-electron chi connectivity index (χ2n) is 8.35. The van der Waals surface area contributed by atoms with E-state index in [1.807, 2.05) is 39.8 Å². The Morgan fingerprint density at radius 2 is 1.94 bits per heavy atom. The quantitative estimate of drug-likeness (QED) is 0.664. The third-order valence-corrected chi connectivity index (χ3v) is 6.19. The van der Waals surface area contributed by atoms with Crippen molar-refractivity contribution in [3.05, 3.63) is 60.6 Å². The van der Waals surface area contributed by atoms with E-state index in [9.17, 15) is 4.79 Å². The van der Waals surface area contributed by atoms with Crippen molar-refractivity contribution in [1.29, 1.82) is 0 Å². The van der Waals surface area contributed by atoms with Gasteiger partial charge in [-0.2, -0.15) is 10.2 Å². The maximum absolute atomic E-state index is 12.5. The standard InChI is InChI=1S/C23H28N6O2/c30-23(19-9-13-31-17-19)26-22-6-10-24-29(22)21-7-11-27(12-8-21)15-18-14-25-28(16-18)20-4-2-1-3-5-20/h1-6,10,14,16,19,21H,7-9,11-13,15,17H2,(H,26,30). The zero-order chi connectivity index (χ0) is 21.0. The summed E-state index contributed by atoms with van der Waals surface area (Å²) in [6.45, 7) is 4.05. The van der Waals surface area contributed by atoms with Crippen molar-refractivity contribution < 1.29 is 9.53 Å². The summed E-state index contributed by atoms with van der Waals surface area (Å²) >= 11 is 0. The van der Waals surface area contributed by atoms with Crippen LogP contribution in [0, 0.1) is 5.92 Å². The minimum Gasteiger partial charge on any atom is -0.381 e. The molecule has 2 aromatic heterocycles. The average molecular weight is 421 g/mol. The lowest BCUT2D eigenvalue weighted by atomic mass is 10.0. The lowest BCUT2D eigenvalue weighted by Gasteiger charge is -2.32. The van der Waals surface area contributed by atoms with Crippen LogP contribution in [-0.2, 0) is 16.1 Å². The number of anilines is 1. The van der Waals surface area contributed by atoms with Crippen LogP contribution in [0.15, 0.2) is 55.0 Å². The van der Waals surface area contributed by atoms with Crippen molar-refractivity contribution in [1.82, 2.24) is 24.5 Å². The summed E-state index contributed by atoms with van der Waals surface area (Å²) in [5, 5.41) is 12.1. The molecule has 8 heteroatoms. The summed E-state index contributed by atoms with van der Waals surface area (Å²) in [4.78, 5) is 14.9. The van der Waals surface area contributed by atoms with Crippen LogP contribution in [0.25, 0.3) is 5.69 Å². The number of hydrogen-bond acceptors (Lipinski definition) is 5. The third-order valence-electron chi connectivity index (χ3n) is 6.19. The molecule has 2 fully saturated rings. The largest absolute Gasteiger partial charge is 0.381 e. The van der Waals surface area contributed by atoms with Crippen LogP contribution < -0.4 is 5.32 Å². The molecule has 0 bridgehead atoms. The summed E-state index contributed by atoms with van der Waals surface area (Å²) in [7, 11) is 0. The SMILES string of the molecule is O=C(Nc1ccnn1C1CCN(Cc2cnn(-c3ccccc3)c2)CC1)C1CCOC1. The van der Waals surface area contributed by atoms with Gasteiger partial charge in [-0.15, -0.1) is 0 Å². The molecule has 2 aliphatic rings. The molecule has 0 radical (unpaired) electrons. The number of likely N-dealkylation sites (tertiary alicyclic amines) is 1. The molecule has 2 aliphatic heterocycles. The van der Waals surface area contributed by atoms with Gasteiger partial charge in [0.25, 0.3) is 0 Å². The van der Waals surface area contributed by atoms with Gasteiger partial charge in [0.1, 0.15) is 5.82 Å². The third kappa shape index (κ3) is 4.55. The van der Waals surface area contributed by atoms with E-state index in [0.717, 1.165) is 50.4 Å². The van der Waals surface area contributed by atoms with Gasteiger partial charge in [-0.1, -0.05) is 18.2 Å². The van der Waals surface area contributed by atoms with Crippen LogP contribution in [-0.4, -0.2) is 56.7 Å². The Hall–Kier alpha value is -2.97. The van der Waals surface area contributed by atoms with Gasteiger partial charge in [0.2, 0.25) is 5.91 Å². The highest BCUT2D eigenvalue weighted by molar-refractivity contribution is 5.92. The highest BCUT2D eigenvalue weighted by Gasteiger charge is 2.27. The molecule has 0 saturated carbocycles. The molecule has 0 aliphatic carbocycles. The number of carbonyl (C=O) groups is 1. The number of carbonyl (C=O) groups excluding carboxylic acids is 1. The molecule has 1 unspecified atom stereocenters. The molecular formula is C23H28N6O2. The fourth-order valence-electron chi connectivity index (χ4n) is 4.42. The van der Waals surface area contributed by atoms with E-state index in [1.165, 1.54) is 5.56 Å². The number of hydrogen-bond donors (Lipinski definition) is 1. The number of ether oxygens (including phenoxy) is 1. The van der Waals surface area contributed by atoms with Gasteiger partial charge in [-0.05, 0) is 31.4 Å². The van der Waals surface area contributed by atoms with E-state index in [0.29, 0.717) is 19.3 Å². The lowest BCUT2D eigenvalue weighted by Crippen LogP contribution is -2.35. The van der Waals surface area contributed by atoms with Gasteiger partial charge in [0, 0.05) is 44.1 Å². The number of rotatable bonds is 6. The van der Waals surface area contributed by atoms with Crippen LogP contribution in [0.2, 0.25) is 0 Å². The molecule has 4 heterocycles. The number of aromatic nitrogens is 4. The van der Waals surface area contributed by atoms with Crippen LogP contribution in [0.5, 0.6) is 0 Å². The Balaban J connectivity index is 1.16. The summed E-state index contributed by atoms with van der Waals surface area (Å²) in [6, 6.07) is 12.4. The maximum Gasteiger partial charge on any atom is 0.231 e. The Labute approximate surface area is 181 Å². The van der Waals surface area contributed by atoms with Crippen LogP contribution in [0.4, 0.5) is 5.82 Å². The summed E-state index contributed by atoms with van der Waals surface area (Å²) in [6.07, 6.45) is 8.63. The van der Waals surface area contributed by atoms with Gasteiger partial charge in [-0.3, -0.25) is 9.69 Å². The lowest BCUT2D eigenvalue weighted by molar-refractivity contribution is -0.119. The Morgan fingerprint density at radius 3 is 2.71 bits per heavy atom. The first-order valence-electron chi connectivity index (χ1n) is 11.0. The topological polar surface area (TPSA) is 77.2 Å². The first-order chi connectivity index (χ1) is 15.3. The van der Waals surface area contributed by atoms with Crippen molar-refractivity contribution in [2.75, 3.05) is 31.6 Å². The molecule has 1 N–H and O–H groups in total. The predicted octanol–water partition coefficient (Wildman–Crippen LogP) is 2.88. The zero-order valence-corrected chi connectivity index (χ0v) is 17.6.